The zero-order valence-corrected chi connectivity index (χ0v) is 13.9. The van der Waals surface area contributed by atoms with Crippen LogP contribution in [0, 0.1) is 0 Å². The number of rotatable bonds is 6. The predicted molar refractivity (Wildman–Crippen MR) is 83.5 cm³/mol. The van der Waals surface area contributed by atoms with Gasteiger partial charge in [0, 0.05) is 11.6 Å². The van der Waals surface area contributed by atoms with E-state index in [-0.39, 0.29) is 22.7 Å². The van der Waals surface area contributed by atoms with E-state index in [0.29, 0.717) is 0 Å². The molecule has 1 aromatic carbocycles. The molecular formula is C13H17ClN2O5S. The van der Waals surface area contributed by atoms with Crippen LogP contribution < -0.4 is 10.0 Å². The quantitative estimate of drug-likeness (QED) is 0.756. The Balaban J connectivity index is 2.86. The molecule has 0 aliphatic carbocycles. The molecule has 2 N–H and O–H groups in total. The van der Waals surface area contributed by atoms with E-state index in [1.807, 2.05) is 0 Å². The van der Waals surface area contributed by atoms with Gasteiger partial charge in [0.1, 0.15) is 0 Å². The van der Waals surface area contributed by atoms with E-state index in [2.05, 4.69) is 14.8 Å². The number of carbonyl (C=O) groups excluding carboxylic acids is 2. The number of nitrogens with one attached hydrogen (secondary N) is 2. The Bertz CT molecular complexity index is 675. The first-order chi connectivity index (χ1) is 10.1. The Kier molecular flexibility index (Phi) is 6.19. The third kappa shape index (κ3) is 5.90. The Hall–Kier alpha value is -1.80. The lowest BCUT2D eigenvalue weighted by Gasteiger charge is -2.14. The van der Waals surface area contributed by atoms with Gasteiger partial charge in [-0.2, -0.15) is 0 Å². The molecule has 0 saturated carbocycles. The minimum absolute atomic E-state index is 0.0320. The first-order valence-electron chi connectivity index (χ1n) is 6.27. The van der Waals surface area contributed by atoms with Crippen molar-refractivity contribution in [3.05, 3.63) is 28.8 Å². The van der Waals surface area contributed by atoms with Crippen LogP contribution in [0.25, 0.3) is 0 Å². The molecule has 1 aromatic rings. The van der Waals surface area contributed by atoms with E-state index < -0.39 is 27.9 Å². The fraction of sp³-hybridized carbons (Fsp3) is 0.385. The summed E-state index contributed by atoms with van der Waals surface area (Å²) in [6.07, 6.45) is 1.01. The van der Waals surface area contributed by atoms with Crippen LogP contribution in [0.1, 0.15) is 23.7 Å². The van der Waals surface area contributed by atoms with Crippen LogP contribution in [0.15, 0.2) is 18.2 Å². The van der Waals surface area contributed by atoms with Crippen molar-refractivity contribution in [2.45, 2.75) is 19.4 Å². The Morgan fingerprint density at radius 2 is 2.00 bits per heavy atom. The SMILES string of the molecule is COC(=O)C[C@H](C)NC(=O)c1ccc(Cl)c(NS(C)(=O)=O)c1. The minimum Gasteiger partial charge on any atom is -0.469 e. The van der Waals surface area contributed by atoms with Crippen LogP contribution >= 0.6 is 11.6 Å². The number of carbonyl (C=O) groups is 2. The van der Waals surface area contributed by atoms with E-state index >= 15 is 0 Å². The maximum absolute atomic E-state index is 12.1. The second-order valence-corrected chi connectivity index (χ2v) is 6.88. The largest absolute Gasteiger partial charge is 0.469 e. The summed E-state index contributed by atoms with van der Waals surface area (Å²) >= 11 is 5.88. The van der Waals surface area contributed by atoms with Gasteiger partial charge in [-0.1, -0.05) is 11.6 Å². The molecule has 0 radical (unpaired) electrons. The van der Waals surface area contributed by atoms with Gasteiger partial charge in [0.15, 0.2) is 0 Å². The minimum atomic E-state index is -3.51. The van der Waals surface area contributed by atoms with Crippen LogP contribution in [0.2, 0.25) is 5.02 Å². The molecule has 0 aliphatic rings. The third-order valence-electron chi connectivity index (χ3n) is 2.60. The van der Waals surface area contributed by atoms with Gasteiger partial charge in [-0.25, -0.2) is 8.42 Å². The number of hydrogen-bond acceptors (Lipinski definition) is 5. The van der Waals surface area contributed by atoms with Crippen molar-refractivity contribution in [2.24, 2.45) is 0 Å². The molecule has 1 atom stereocenters. The van der Waals surface area contributed by atoms with Crippen molar-refractivity contribution in [3.63, 3.8) is 0 Å². The molecule has 0 aliphatic heterocycles. The van der Waals surface area contributed by atoms with Gasteiger partial charge in [0.2, 0.25) is 10.0 Å². The van der Waals surface area contributed by atoms with Crippen molar-refractivity contribution >= 4 is 39.2 Å². The van der Waals surface area contributed by atoms with Gasteiger partial charge in [0.25, 0.3) is 5.91 Å². The van der Waals surface area contributed by atoms with Crippen LogP contribution in [0.4, 0.5) is 5.69 Å². The topological polar surface area (TPSA) is 102 Å². The van der Waals surface area contributed by atoms with Crippen LogP contribution in [-0.2, 0) is 19.6 Å². The van der Waals surface area contributed by atoms with E-state index in [1.165, 1.54) is 25.3 Å². The highest BCUT2D eigenvalue weighted by Crippen LogP contribution is 2.24. The highest BCUT2D eigenvalue weighted by atomic mass is 35.5. The second kappa shape index (κ2) is 7.46. The zero-order valence-electron chi connectivity index (χ0n) is 12.3. The Labute approximate surface area is 134 Å². The molecule has 0 saturated heterocycles. The number of halogens is 1. The summed E-state index contributed by atoms with van der Waals surface area (Å²) in [7, 11) is -2.25. The number of esters is 1. The average Bonchev–Trinajstić information content (AvgIpc) is 2.39. The van der Waals surface area contributed by atoms with Crippen LogP contribution in [0.5, 0.6) is 0 Å². The maximum Gasteiger partial charge on any atom is 0.307 e. The molecule has 0 spiro atoms. The van der Waals surface area contributed by atoms with Gasteiger partial charge < -0.3 is 10.1 Å². The molecule has 1 rings (SSSR count). The molecular weight excluding hydrogens is 332 g/mol. The van der Waals surface area contributed by atoms with Crippen molar-refractivity contribution < 1.29 is 22.7 Å². The molecule has 22 heavy (non-hydrogen) atoms. The van der Waals surface area contributed by atoms with Crippen molar-refractivity contribution in [1.29, 1.82) is 0 Å². The number of ether oxygens (including phenoxy) is 1. The molecule has 0 bridgehead atoms. The molecule has 0 fully saturated rings. The van der Waals surface area contributed by atoms with E-state index in [9.17, 15) is 18.0 Å². The van der Waals surface area contributed by atoms with Gasteiger partial charge in [-0.15, -0.1) is 0 Å². The molecule has 0 aromatic heterocycles. The highest BCUT2D eigenvalue weighted by Gasteiger charge is 2.15. The van der Waals surface area contributed by atoms with Gasteiger partial charge in [-0.3, -0.25) is 14.3 Å². The number of hydrogen-bond donors (Lipinski definition) is 2. The summed E-state index contributed by atoms with van der Waals surface area (Å²) in [6, 6.07) is 3.76. The summed E-state index contributed by atoms with van der Waals surface area (Å²) in [6.45, 7) is 1.65. The predicted octanol–water partition coefficient (Wildman–Crippen LogP) is 1.39. The van der Waals surface area contributed by atoms with Crippen molar-refractivity contribution in [1.82, 2.24) is 5.32 Å². The Morgan fingerprint density at radius 3 is 2.55 bits per heavy atom. The van der Waals surface area contributed by atoms with E-state index in [4.69, 9.17) is 11.6 Å². The number of methoxy groups -OCH3 is 1. The molecule has 9 heteroatoms. The summed E-state index contributed by atoms with van der Waals surface area (Å²) in [5, 5.41) is 2.78. The number of benzene rings is 1. The number of sulfonamides is 1. The van der Waals surface area contributed by atoms with Crippen LogP contribution in [0.3, 0.4) is 0 Å². The summed E-state index contributed by atoms with van der Waals surface area (Å²) < 4.78 is 29.2. The number of anilines is 1. The standard InChI is InChI=1S/C13H17ClN2O5S/c1-8(6-12(17)21-2)15-13(18)9-4-5-10(14)11(7-9)16-22(3,19)20/h4-5,7-8,16H,6H2,1-3H3,(H,15,18)/t8-/m0/s1. The van der Waals surface area contributed by atoms with E-state index in [1.54, 1.807) is 6.92 Å². The Morgan fingerprint density at radius 1 is 1.36 bits per heavy atom. The zero-order chi connectivity index (χ0) is 16.9. The lowest BCUT2D eigenvalue weighted by molar-refractivity contribution is -0.141. The molecule has 0 heterocycles. The second-order valence-electron chi connectivity index (χ2n) is 4.72. The third-order valence-corrected chi connectivity index (χ3v) is 3.52. The van der Waals surface area contributed by atoms with Crippen LogP contribution in [-0.4, -0.2) is 39.7 Å². The molecule has 7 nitrogen and oxygen atoms in total. The fourth-order valence-corrected chi connectivity index (χ4v) is 2.43. The monoisotopic (exact) mass is 348 g/mol. The summed E-state index contributed by atoms with van der Waals surface area (Å²) in [4.78, 5) is 23.2. The first-order valence-corrected chi connectivity index (χ1v) is 8.54. The van der Waals surface area contributed by atoms with Gasteiger partial charge in [0.05, 0.1) is 30.5 Å². The van der Waals surface area contributed by atoms with E-state index in [0.717, 1.165) is 6.26 Å². The smallest absolute Gasteiger partial charge is 0.307 e. The van der Waals surface area contributed by atoms with Gasteiger partial charge in [-0.05, 0) is 25.1 Å². The maximum atomic E-state index is 12.1. The highest BCUT2D eigenvalue weighted by molar-refractivity contribution is 7.92. The molecule has 0 unspecified atom stereocenters. The first kappa shape index (κ1) is 18.2. The van der Waals surface area contributed by atoms with Gasteiger partial charge >= 0.3 is 5.97 Å². The summed E-state index contributed by atoms with van der Waals surface area (Å²) in [5.41, 5.74) is 0.324. The summed E-state index contributed by atoms with van der Waals surface area (Å²) in [5.74, 6) is -0.895. The molecule has 1 amide bonds. The molecule has 122 valence electrons. The lowest BCUT2D eigenvalue weighted by atomic mass is 10.1. The fourth-order valence-electron chi connectivity index (χ4n) is 1.64. The van der Waals surface area contributed by atoms with Crippen molar-refractivity contribution in [2.75, 3.05) is 18.1 Å². The normalized spacial score (nSPS) is 12.4. The average molecular weight is 349 g/mol. The lowest BCUT2D eigenvalue weighted by Crippen LogP contribution is -2.34. The number of amides is 1. The van der Waals surface area contributed by atoms with Crippen molar-refractivity contribution in [3.8, 4) is 0 Å².